The van der Waals surface area contributed by atoms with Gasteiger partial charge in [-0.3, -0.25) is 4.79 Å². The first-order valence-corrected chi connectivity index (χ1v) is 11.0. The summed E-state index contributed by atoms with van der Waals surface area (Å²) in [5.74, 6) is 0.642. The van der Waals surface area contributed by atoms with E-state index in [2.05, 4.69) is 27.2 Å². The number of aromatic amines is 1. The molecule has 2 aromatic carbocycles. The summed E-state index contributed by atoms with van der Waals surface area (Å²) in [5.41, 5.74) is 2.91. The maximum Gasteiger partial charge on any atom is 0.345 e. The highest BCUT2D eigenvalue weighted by atomic mass is 16.5. The smallest absolute Gasteiger partial charge is 0.345 e. The summed E-state index contributed by atoms with van der Waals surface area (Å²) in [6.45, 7) is 3.72. The molecule has 1 saturated heterocycles. The fourth-order valence-corrected chi connectivity index (χ4v) is 3.88. The molecular weight excluding hydrogens is 420 g/mol. The third-order valence-corrected chi connectivity index (χ3v) is 5.86. The van der Waals surface area contributed by atoms with Crippen molar-refractivity contribution in [3.05, 3.63) is 64.6 Å². The van der Waals surface area contributed by atoms with Gasteiger partial charge in [0.1, 0.15) is 11.5 Å². The molecule has 33 heavy (non-hydrogen) atoms. The van der Waals surface area contributed by atoms with Crippen LogP contribution in [0, 0.1) is 6.92 Å². The second-order valence-corrected chi connectivity index (χ2v) is 8.44. The highest BCUT2D eigenvalue weighted by Gasteiger charge is 2.18. The molecule has 3 aromatic rings. The molecule has 0 atom stereocenters. The van der Waals surface area contributed by atoms with Gasteiger partial charge in [-0.25, -0.2) is 4.79 Å². The molecule has 0 spiro atoms. The Morgan fingerprint density at radius 2 is 1.85 bits per heavy atom. The first-order valence-electron chi connectivity index (χ1n) is 11.0. The van der Waals surface area contributed by atoms with Gasteiger partial charge >= 0.3 is 5.69 Å². The topological polar surface area (TPSA) is 108 Å². The molecule has 0 unspecified atom stereocenters. The summed E-state index contributed by atoms with van der Waals surface area (Å²) in [4.78, 5) is 33.4. The highest BCUT2D eigenvalue weighted by Crippen LogP contribution is 2.26. The van der Waals surface area contributed by atoms with Crippen LogP contribution in [0.2, 0.25) is 0 Å². The van der Waals surface area contributed by atoms with Gasteiger partial charge in [0.05, 0.1) is 11.4 Å². The summed E-state index contributed by atoms with van der Waals surface area (Å²) < 4.78 is 5.63. The normalized spacial score (nSPS) is 14.7. The van der Waals surface area contributed by atoms with Crippen molar-refractivity contribution in [3.8, 4) is 34.0 Å². The Labute approximate surface area is 192 Å². The molecular formula is C25H28N4O4. The summed E-state index contributed by atoms with van der Waals surface area (Å²) in [6, 6.07) is 14.3. The highest BCUT2D eigenvalue weighted by molar-refractivity contribution is 5.78. The van der Waals surface area contributed by atoms with Crippen LogP contribution >= 0.6 is 0 Å². The van der Waals surface area contributed by atoms with Crippen LogP contribution in [-0.2, 0) is 4.79 Å². The molecule has 2 heterocycles. The van der Waals surface area contributed by atoms with Gasteiger partial charge in [-0.05, 0) is 99.6 Å². The number of phenols is 1. The number of H-pyrrole nitrogens is 1. The standard InChI is InChI=1S/C25H28N4O4/c1-16-13-18(5-8-23(16)30)22-14-21(27-25(32)28-22)17-3-6-20(7-4-17)33-15-24(31)26-19-9-11-29(2)12-10-19/h3-8,13-14,19,30H,9-12,15H2,1-2H3,(H,26,31)(H,27,28,32). The number of benzene rings is 2. The lowest BCUT2D eigenvalue weighted by molar-refractivity contribution is -0.124. The minimum absolute atomic E-state index is 0.0396. The molecule has 0 aliphatic carbocycles. The van der Waals surface area contributed by atoms with Gasteiger partial charge in [0, 0.05) is 11.6 Å². The van der Waals surface area contributed by atoms with Crippen molar-refractivity contribution in [2.24, 2.45) is 0 Å². The van der Waals surface area contributed by atoms with E-state index >= 15 is 0 Å². The van der Waals surface area contributed by atoms with Crippen LogP contribution in [0.25, 0.3) is 22.5 Å². The minimum Gasteiger partial charge on any atom is -0.508 e. The van der Waals surface area contributed by atoms with E-state index in [1.165, 1.54) is 0 Å². The SMILES string of the molecule is Cc1cc(-c2cc(-c3ccc(OCC(=O)NC4CCN(C)CC4)cc3)[nH]c(=O)n2)ccc1O. The monoisotopic (exact) mass is 448 g/mol. The van der Waals surface area contributed by atoms with Crippen molar-refractivity contribution in [3.63, 3.8) is 0 Å². The van der Waals surface area contributed by atoms with E-state index in [0.29, 0.717) is 22.7 Å². The van der Waals surface area contributed by atoms with Crippen molar-refractivity contribution in [1.29, 1.82) is 0 Å². The maximum atomic E-state index is 12.2. The number of piperidine rings is 1. The number of phenolic OH excluding ortho intramolecular Hbond substituents is 1. The van der Waals surface area contributed by atoms with Crippen LogP contribution in [0.15, 0.2) is 53.3 Å². The lowest BCUT2D eigenvalue weighted by Gasteiger charge is -2.29. The van der Waals surface area contributed by atoms with Crippen LogP contribution in [0.3, 0.4) is 0 Å². The number of hydrogen-bond acceptors (Lipinski definition) is 6. The number of nitrogens with one attached hydrogen (secondary N) is 2. The van der Waals surface area contributed by atoms with Gasteiger partial charge in [-0.1, -0.05) is 0 Å². The van der Waals surface area contributed by atoms with E-state index in [1.54, 1.807) is 43.3 Å². The quantitative estimate of drug-likeness (QED) is 0.535. The van der Waals surface area contributed by atoms with Crippen LogP contribution in [0.5, 0.6) is 11.5 Å². The van der Waals surface area contributed by atoms with E-state index in [1.807, 2.05) is 12.1 Å². The lowest BCUT2D eigenvalue weighted by atomic mass is 10.1. The fourth-order valence-electron chi connectivity index (χ4n) is 3.88. The second-order valence-electron chi connectivity index (χ2n) is 8.44. The van der Waals surface area contributed by atoms with Gasteiger partial charge in [0.25, 0.3) is 5.91 Å². The Kier molecular flexibility index (Phi) is 6.74. The number of aromatic hydroxyl groups is 1. The summed E-state index contributed by atoms with van der Waals surface area (Å²) in [7, 11) is 2.08. The number of ether oxygens (including phenoxy) is 1. The average molecular weight is 449 g/mol. The zero-order chi connectivity index (χ0) is 23.4. The maximum absolute atomic E-state index is 12.2. The van der Waals surface area contributed by atoms with E-state index in [-0.39, 0.29) is 24.3 Å². The first-order chi connectivity index (χ1) is 15.9. The van der Waals surface area contributed by atoms with Gasteiger partial charge in [0.2, 0.25) is 0 Å². The number of nitrogens with zero attached hydrogens (tertiary/aromatic N) is 2. The number of aryl methyl sites for hydroxylation is 1. The van der Waals surface area contributed by atoms with Gasteiger partial charge in [-0.15, -0.1) is 0 Å². The molecule has 1 fully saturated rings. The van der Waals surface area contributed by atoms with E-state index < -0.39 is 5.69 Å². The Balaban J connectivity index is 1.40. The van der Waals surface area contributed by atoms with E-state index in [0.717, 1.165) is 37.1 Å². The number of carbonyl (C=O) groups excluding carboxylic acids is 1. The number of likely N-dealkylation sites (tertiary alicyclic amines) is 1. The molecule has 1 aliphatic heterocycles. The predicted molar refractivity (Wildman–Crippen MR) is 126 cm³/mol. The molecule has 3 N–H and O–H groups in total. The Bertz CT molecular complexity index is 1180. The third kappa shape index (κ3) is 5.78. The predicted octanol–water partition coefficient (Wildman–Crippen LogP) is 2.71. The second kappa shape index (κ2) is 9.87. The van der Waals surface area contributed by atoms with Crippen molar-refractivity contribution < 1.29 is 14.6 Å². The molecule has 172 valence electrons. The van der Waals surface area contributed by atoms with Crippen molar-refractivity contribution >= 4 is 5.91 Å². The molecule has 0 saturated carbocycles. The van der Waals surface area contributed by atoms with Crippen LogP contribution < -0.4 is 15.7 Å². The summed E-state index contributed by atoms with van der Waals surface area (Å²) in [6.07, 6.45) is 1.90. The van der Waals surface area contributed by atoms with Gasteiger partial charge in [-0.2, -0.15) is 4.98 Å². The minimum atomic E-state index is -0.459. The zero-order valence-electron chi connectivity index (χ0n) is 18.8. The number of carbonyl (C=O) groups is 1. The van der Waals surface area contributed by atoms with Gasteiger partial charge < -0.3 is 25.0 Å². The van der Waals surface area contributed by atoms with Crippen LogP contribution in [0.4, 0.5) is 0 Å². The molecule has 4 rings (SSSR count). The number of amides is 1. The van der Waals surface area contributed by atoms with Gasteiger partial charge in [0.15, 0.2) is 6.61 Å². The molecule has 8 heteroatoms. The Hall–Kier alpha value is -3.65. The van der Waals surface area contributed by atoms with Crippen LogP contribution in [0.1, 0.15) is 18.4 Å². The number of aromatic nitrogens is 2. The van der Waals surface area contributed by atoms with E-state index in [9.17, 15) is 14.7 Å². The van der Waals surface area contributed by atoms with Crippen molar-refractivity contribution in [2.75, 3.05) is 26.7 Å². The molecule has 8 nitrogen and oxygen atoms in total. The number of rotatable bonds is 6. The third-order valence-electron chi connectivity index (χ3n) is 5.86. The van der Waals surface area contributed by atoms with E-state index in [4.69, 9.17) is 4.74 Å². The number of hydrogen-bond donors (Lipinski definition) is 3. The average Bonchev–Trinajstić information content (AvgIpc) is 2.81. The lowest BCUT2D eigenvalue weighted by Crippen LogP contribution is -2.44. The molecule has 0 bridgehead atoms. The largest absolute Gasteiger partial charge is 0.508 e. The zero-order valence-corrected chi connectivity index (χ0v) is 18.8. The summed E-state index contributed by atoms with van der Waals surface area (Å²) >= 11 is 0. The fraction of sp³-hybridized carbons (Fsp3) is 0.320. The van der Waals surface area contributed by atoms with Crippen molar-refractivity contribution in [2.45, 2.75) is 25.8 Å². The first kappa shape index (κ1) is 22.5. The van der Waals surface area contributed by atoms with Crippen molar-refractivity contribution in [1.82, 2.24) is 20.2 Å². The summed E-state index contributed by atoms with van der Waals surface area (Å²) in [5, 5.41) is 12.8. The van der Waals surface area contributed by atoms with Crippen LogP contribution in [-0.4, -0.2) is 58.7 Å². The Morgan fingerprint density at radius 1 is 1.15 bits per heavy atom. The Morgan fingerprint density at radius 3 is 2.55 bits per heavy atom. The molecule has 0 radical (unpaired) electrons. The molecule has 1 aliphatic rings. The molecule has 1 amide bonds. The molecule has 1 aromatic heterocycles.